The Labute approximate surface area is 134 Å². The van der Waals surface area contributed by atoms with Crippen LogP contribution in [0, 0.1) is 11.3 Å². The van der Waals surface area contributed by atoms with Crippen LogP contribution >= 0.6 is 11.6 Å². The number of hydrogen-bond acceptors (Lipinski definition) is 2. The number of rotatable bonds is 2. The third kappa shape index (κ3) is 2.26. The number of hydrogen-bond donors (Lipinski definition) is 0. The van der Waals surface area contributed by atoms with Gasteiger partial charge in [-0.2, -0.15) is 5.26 Å². The lowest BCUT2D eigenvalue weighted by atomic mass is 9.88. The van der Waals surface area contributed by atoms with Gasteiger partial charge in [-0.3, -0.25) is 4.79 Å². The van der Waals surface area contributed by atoms with Crippen LogP contribution in [0.5, 0.6) is 0 Å². The first-order valence-corrected chi connectivity index (χ1v) is 7.60. The average Bonchev–Trinajstić information content (AvgIpc) is 3.01. The quantitative estimate of drug-likeness (QED) is 0.841. The van der Waals surface area contributed by atoms with Crippen LogP contribution in [0.25, 0.3) is 0 Å². The van der Waals surface area contributed by atoms with Gasteiger partial charge in [0, 0.05) is 6.54 Å². The zero-order chi connectivity index (χ0) is 15.6. The molecule has 3 rings (SSSR count). The summed E-state index contributed by atoms with van der Waals surface area (Å²) >= 11 is 6.15. The summed E-state index contributed by atoms with van der Waals surface area (Å²) in [5.74, 6) is -0.187. The maximum absolute atomic E-state index is 12.9. The highest BCUT2D eigenvalue weighted by Gasteiger charge is 2.45. The van der Waals surface area contributed by atoms with Crippen molar-refractivity contribution in [2.75, 3.05) is 6.54 Å². The summed E-state index contributed by atoms with van der Waals surface area (Å²) in [5.41, 5.74) is 0.398. The van der Waals surface area contributed by atoms with Gasteiger partial charge in [0.25, 0.3) is 5.91 Å². The molecule has 1 aliphatic rings. The number of carbonyl (C=O) groups excluding carboxylic acids is 1. The number of halogens is 1. The first-order valence-electron chi connectivity index (χ1n) is 7.22. The Balaban J connectivity index is 2.05. The molecule has 4 heteroatoms. The Morgan fingerprint density at radius 1 is 1.14 bits per heavy atom. The van der Waals surface area contributed by atoms with Crippen molar-refractivity contribution < 1.29 is 4.79 Å². The molecular weight excluding hydrogens is 296 g/mol. The fraction of sp³-hybridized carbons (Fsp3) is 0.222. The Morgan fingerprint density at radius 2 is 1.82 bits per heavy atom. The standard InChI is InChI=1S/C18H15ClN2O/c19-16-10-5-4-9-15(16)17(22)21-12-6-11-18(21,13-20)14-7-2-1-3-8-14/h1-5,7-10H,6,11-12H2/t18-/m1/s1. The van der Waals surface area contributed by atoms with Crippen molar-refractivity contribution in [3.05, 3.63) is 70.7 Å². The summed E-state index contributed by atoms with van der Waals surface area (Å²) in [5, 5.41) is 10.2. The Bertz CT molecular complexity index is 738. The number of nitriles is 1. The highest BCUT2D eigenvalue weighted by Crippen LogP contribution is 2.39. The fourth-order valence-electron chi connectivity index (χ4n) is 3.07. The van der Waals surface area contributed by atoms with Crippen molar-refractivity contribution in [1.82, 2.24) is 4.90 Å². The lowest BCUT2D eigenvalue weighted by Gasteiger charge is -2.33. The van der Waals surface area contributed by atoms with E-state index in [4.69, 9.17) is 11.6 Å². The molecule has 0 aliphatic carbocycles. The molecule has 1 aliphatic heterocycles. The lowest BCUT2D eigenvalue weighted by molar-refractivity contribution is 0.0670. The minimum atomic E-state index is -0.905. The normalized spacial score (nSPS) is 20.6. The number of likely N-dealkylation sites (tertiary alicyclic amines) is 1. The van der Waals surface area contributed by atoms with Gasteiger partial charge in [-0.05, 0) is 30.5 Å². The summed E-state index contributed by atoms with van der Waals surface area (Å²) in [6, 6.07) is 18.9. The Hall–Kier alpha value is -2.31. The number of amides is 1. The molecule has 1 saturated heterocycles. The molecule has 2 aromatic carbocycles. The van der Waals surface area contributed by atoms with Gasteiger partial charge in [-0.15, -0.1) is 0 Å². The summed E-state index contributed by atoms with van der Waals surface area (Å²) in [6.07, 6.45) is 1.45. The fourth-order valence-corrected chi connectivity index (χ4v) is 3.29. The van der Waals surface area contributed by atoms with Gasteiger partial charge in [-0.25, -0.2) is 0 Å². The molecule has 0 bridgehead atoms. The molecule has 0 spiro atoms. The van der Waals surface area contributed by atoms with E-state index in [1.165, 1.54) is 0 Å². The molecule has 22 heavy (non-hydrogen) atoms. The largest absolute Gasteiger partial charge is 0.316 e. The third-order valence-corrected chi connectivity index (χ3v) is 4.50. The first kappa shape index (κ1) is 14.6. The Kier molecular flexibility index (Phi) is 3.87. The van der Waals surface area contributed by atoms with Crippen molar-refractivity contribution in [3.63, 3.8) is 0 Å². The predicted octanol–water partition coefficient (Wildman–Crippen LogP) is 4.00. The molecule has 1 heterocycles. The summed E-state index contributed by atoms with van der Waals surface area (Å²) in [6.45, 7) is 0.562. The van der Waals surface area contributed by atoms with Crippen molar-refractivity contribution in [2.24, 2.45) is 0 Å². The molecule has 1 atom stereocenters. The summed E-state index contributed by atoms with van der Waals surface area (Å²) in [7, 11) is 0. The van der Waals surface area contributed by atoms with Crippen LogP contribution in [0.2, 0.25) is 5.02 Å². The van der Waals surface area contributed by atoms with E-state index in [2.05, 4.69) is 6.07 Å². The van der Waals surface area contributed by atoms with E-state index in [1.807, 2.05) is 30.3 Å². The van der Waals surface area contributed by atoms with E-state index in [0.29, 0.717) is 23.6 Å². The highest BCUT2D eigenvalue weighted by molar-refractivity contribution is 6.33. The molecule has 0 saturated carbocycles. The van der Waals surface area contributed by atoms with Gasteiger partial charge in [0.15, 0.2) is 5.54 Å². The van der Waals surface area contributed by atoms with Gasteiger partial charge in [0.2, 0.25) is 0 Å². The second-order valence-electron chi connectivity index (χ2n) is 5.38. The maximum atomic E-state index is 12.9. The van der Waals surface area contributed by atoms with E-state index in [9.17, 15) is 10.1 Å². The van der Waals surface area contributed by atoms with Gasteiger partial charge in [0.1, 0.15) is 0 Å². The highest BCUT2D eigenvalue weighted by atomic mass is 35.5. The number of carbonyl (C=O) groups is 1. The minimum Gasteiger partial charge on any atom is -0.316 e. The molecule has 0 aromatic heterocycles. The predicted molar refractivity (Wildman–Crippen MR) is 85.5 cm³/mol. The molecule has 110 valence electrons. The minimum absolute atomic E-state index is 0.187. The van der Waals surface area contributed by atoms with E-state index >= 15 is 0 Å². The molecule has 1 amide bonds. The SMILES string of the molecule is N#C[C@@]1(c2ccccc2)CCCN1C(=O)c1ccccc1Cl. The van der Waals surface area contributed by atoms with Crippen LogP contribution in [-0.2, 0) is 5.54 Å². The van der Waals surface area contributed by atoms with Crippen molar-refractivity contribution in [3.8, 4) is 6.07 Å². The van der Waals surface area contributed by atoms with Crippen LogP contribution < -0.4 is 0 Å². The molecule has 1 fully saturated rings. The molecule has 0 unspecified atom stereocenters. The van der Waals surface area contributed by atoms with E-state index < -0.39 is 5.54 Å². The van der Waals surface area contributed by atoms with Crippen LogP contribution in [0.3, 0.4) is 0 Å². The third-order valence-electron chi connectivity index (χ3n) is 4.17. The Morgan fingerprint density at radius 3 is 2.50 bits per heavy atom. The molecule has 0 N–H and O–H groups in total. The molecule has 0 radical (unpaired) electrons. The van der Waals surface area contributed by atoms with Gasteiger partial charge >= 0.3 is 0 Å². The second kappa shape index (κ2) is 5.82. The summed E-state index contributed by atoms with van der Waals surface area (Å²) in [4.78, 5) is 14.6. The lowest BCUT2D eigenvalue weighted by Crippen LogP contribution is -2.44. The summed E-state index contributed by atoms with van der Waals surface area (Å²) < 4.78 is 0. The molecule has 2 aromatic rings. The van der Waals surface area contributed by atoms with Crippen LogP contribution in [0.1, 0.15) is 28.8 Å². The van der Waals surface area contributed by atoms with E-state index in [1.54, 1.807) is 29.2 Å². The van der Waals surface area contributed by atoms with E-state index in [-0.39, 0.29) is 5.91 Å². The van der Waals surface area contributed by atoms with E-state index in [0.717, 1.165) is 12.0 Å². The number of nitrogens with zero attached hydrogens (tertiary/aromatic N) is 2. The van der Waals surface area contributed by atoms with Crippen molar-refractivity contribution in [1.29, 1.82) is 5.26 Å². The van der Waals surface area contributed by atoms with Crippen LogP contribution in [-0.4, -0.2) is 17.4 Å². The monoisotopic (exact) mass is 310 g/mol. The van der Waals surface area contributed by atoms with Crippen molar-refractivity contribution in [2.45, 2.75) is 18.4 Å². The molecule has 3 nitrogen and oxygen atoms in total. The number of benzene rings is 2. The molecular formula is C18H15ClN2O. The smallest absolute Gasteiger partial charge is 0.256 e. The van der Waals surface area contributed by atoms with Crippen LogP contribution in [0.15, 0.2) is 54.6 Å². The maximum Gasteiger partial charge on any atom is 0.256 e. The van der Waals surface area contributed by atoms with Gasteiger partial charge in [-0.1, -0.05) is 54.1 Å². The van der Waals surface area contributed by atoms with Gasteiger partial charge in [0.05, 0.1) is 16.7 Å². The van der Waals surface area contributed by atoms with Gasteiger partial charge < -0.3 is 4.90 Å². The average molecular weight is 311 g/mol. The second-order valence-corrected chi connectivity index (χ2v) is 5.79. The topological polar surface area (TPSA) is 44.1 Å². The zero-order valence-corrected chi connectivity index (χ0v) is 12.8. The zero-order valence-electron chi connectivity index (χ0n) is 12.0. The van der Waals surface area contributed by atoms with Crippen LogP contribution in [0.4, 0.5) is 0 Å². The van der Waals surface area contributed by atoms with Crippen molar-refractivity contribution >= 4 is 17.5 Å². The first-order chi connectivity index (χ1) is 10.7.